The normalized spacial score (nSPS) is 10.6. The van der Waals surface area contributed by atoms with Gasteiger partial charge < -0.3 is 14.9 Å². The van der Waals surface area contributed by atoms with Crippen molar-refractivity contribution < 1.29 is 19.2 Å². The average molecular weight is 278 g/mol. The molecule has 0 saturated heterocycles. The number of rotatable bonds is 4. The number of hydrogen-bond donors (Lipinski definition) is 2. The van der Waals surface area contributed by atoms with Crippen LogP contribution in [-0.4, -0.2) is 31.9 Å². The lowest BCUT2D eigenvalue weighted by atomic mass is 10.2. The molecule has 8 heteroatoms. The Bertz CT molecular complexity index is 671. The van der Waals surface area contributed by atoms with E-state index in [1.54, 1.807) is 4.68 Å². The van der Waals surface area contributed by atoms with Gasteiger partial charge in [-0.05, 0) is 13.8 Å². The van der Waals surface area contributed by atoms with Crippen molar-refractivity contribution in [3.8, 4) is 0 Å². The Labute approximate surface area is 114 Å². The molecule has 2 heterocycles. The third-order valence-corrected chi connectivity index (χ3v) is 3.04. The maximum absolute atomic E-state index is 11.8. The molecule has 0 aromatic carbocycles. The number of nitrogens with one attached hydrogen (secondary N) is 1. The van der Waals surface area contributed by atoms with E-state index in [4.69, 9.17) is 5.11 Å². The number of carboxylic acid groups (broad SMARTS) is 1. The molecule has 8 nitrogen and oxygen atoms in total. The summed E-state index contributed by atoms with van der Waals surface area (Å²) >= 11 is 0. The van der Waals surface area contributed by atoms with Crippen molar-refractivity contribution in [3.63, 3.8) is 0 Å². The van der Waals surface area contributed by atoms with Gasteiger partial charge in [-0.25, -0.2) is 4.79 Å². The molecule has 0 unspecified atom stereocenters. The summed E-state index contributed by atoms with van der Waals surface area (Å²) in [6.07, 6.45) is 0. The lowest BCUT2D eigenvalue weighted by Gasteiger charge is -2.03. The maximum Gasteiger partial charge on any atom is 0.374 e. The summed E-state index contributed by atoms with van der Waals surface area (Å²) in [7, 11) is 1.82. The number of nitrogens with zero attached hydrogens (tertiary/aromatic N) is 3. The molecule has 20 heavy (non-hydrogen) atoms. The summed E-state index contributed by atoms with van der Waals surface area (Å²) in [5.41, 5.74) is 2.63. The molecule has 0 fully saturated rings. The van der Waals surface area contributed by atoms with Crippen LogP contribution in [0.2, 0.25) is 0 Å². The Hall–Kier alpha value is -2.64. The van der Waals surface area contributed by atoms with E-state index >= 15 is 0 Å². The van der Waals surface area contributed by atoms with Crippen molar-refractivity contribution in [2.24, 2.45) is 7.05 Å². The standard InChI is InChI=1S/C12H14N4O4/c1-6-8(7(2)16(3)14-6)5-13-11(17)9-4-10(12(18)19)20-15-9/h4H,5H2,1-3H3,(H,13,17)(H,18,19). The second-order valence-electron chi connectivity index (χ2n) is 4.34. The largest absolute Gasteiger partial charge is 0.475 e. The van der Waals surface area contributed by atoms with Crippen LogP contribution in [0, 0.1) is 13.8 Å². The number of carboxylic acids is 1. The van der Waals surface area contributed by atoms with Crippen molar-refractivity contribution in [2.75, 3.05) is 0 Å². The fraction of sp³-hybridized carbons (Fsp3) is 0.333. The molecule has 106 valence electrons. The molecule has 0 radical (unpaired) electrons. The van der Waals surface area contributed by atoms with Gasteiger partial charge in [-0.3, -0.25) is 9.48 Å². The van der Waals surface area contributed by atoms with Gasteiger partial charge >= 0.3 is 5.97 Å². The van der Waals surface area contributed by atoms with Crippen LogP contribution < -0.4 is 5.32 Å². The molecule has 0 aliphatic carbocycles. The molecule has 2 aromatic rings. The summed E-state index contributed by atoms with van der Waals surface area (Å²) in [5, 5.41) is 19.0. The number of hydrogen-bond acceptors (Lipinski definition) is 5. The summed E-state index contributed by atoms with van der Waals surface area (Å²) in [4.78, 5) is 22.5. The number of carbonyl (C=O) groups excluding carboxylic acids is 1. The highest BCUT2D eigenvalue weighted by atomic mass is 16.5. The second kappa shape index (κ2) is 5.16. The first-order valence-electron chi connectivity index (χ1n) is 5.87. The van der Waals surface area contributed by atoms with Gasteiger partial charge in [0.05, 0.1) is 5.69 Å². The van der Waals surface area contributed by atoms with Gasteiger partial charge in [-0.2, -0.15) is 5.10 Å². The molecule has 2 aromatic heterocycles. The van der Waals surface area contributed by atoms with E-state index in [1.165, 1.54) is 0 Å². The van der Waals surface area contributed by atoms with Gasteiger partial charge in [0.2, 0.25) is 5.76 Å². The molecule has 0 bridgehead atoms. The molecular weight excluding hydrogens is 264 g/mol. The predicted octanol–water partition coefficient (Wildman–Crippen LogP) is 0.653. The first-order valence-corrected chi connectivity index (χ1v) is 5.87. The van der Waals surface area contributed by atoms with E-state index in [2.05, 4.69) is 20.1 Å². The first-order chi connectivity index (χ1) is 9.40. The van der Waals surface area contributed by atoms with E-state index in [0.29, 0.717) is 6.54 Å². The van der Waals surface area contributed by atoms with Crippen molar-refractivity contribution in [3.05, 3.63) is 34.5 Å². The highest BCUT2D eigenvalue weighted by molar-refractivity contribution is 5.94. The van der Waals surface area contributed by atoms with E-state index in [0.717, 1.165) is 23.0 Å². The number of amides is 1. The van der Waals surface area contributed by atoms with Gasteiger partial charge in [-0.15, -0.1) is 0 Å². The summed E-state index contributed by atoms with van der Waals surface area (Å²) in [5.74, 6) is -2.14. The van der Waals surface area contributed by atoms with Crippen LogP contribution in [0.1, 0.15) is 38.0 Å². The maximum atomic E-state index is 11.8. The van der Waals surface area contributed by atoms with Gasteiger partial charge in [0.15, 0.2) is 5.69 Å². The van der Waals surface area contributed by atoms with Crippen molar-refractivity contribution >= 4 is 11.9 Å². The average Bonchev–Trinajstić information content (AvgIpc) is 2.95. The van der Waals surface area contributed by atoms with E-state index in [-0.39, 0.29) is 11.5 Å². The summed E-state index contributed by atoms with van der Waals surface area (Å²) in [6.45, 7) is 4.05. The number of aromatic nitrogens is 3. The quantitative estimate of drug-likeness (QED) is 0.849. The molecule has 0 aliphatic heterocycles. The lowest BCUT2D eigenvalue weighted by molar-refractivity contribution is 0.0651. The van der Waals surface area contributed by atoms with Crippen molar-refractivity contribution in [2.45, 2.75) is 20.4 Å². The topological polar surface area (TPSA) is 110 Å². The zero-order chi connectivity index (χ0) is 14.9. The number of aryl methyl sites for hydroxylation is 2. The van der Waals surface area contributed by atoms with Crippen LogP contribution >= 0.6 is 0 Å². The second-order valence-corrected chi connectivity index (χ2v) is 4.34. The summed E-state index contributed by atoms with van der Waals surface area (Å²) in [6, 6.07) is 1.08. The molecule has 0 spiro atoms. The van der Waals surface area contributed by atoms with Gasteiger partial charge in [-0.1, -0.05) is 5.16 Å². The van der Waals surface area contributed by atoms with E-state index in [9.17, 15) is 9.59 Å². The van der Waals surface area contributed by atoms with Crippen LogP contribution in [0.5, 0.6) is 0 Å². The van der Waals surface area contributed by atoms with Crippen LogP contribution in [0.15, 0.2) is 10.6 Å². The van der Waals surface area contributed by atoms with E-state index < -0.39 is 11.9 Å². The minimum Gasteiger partial charge on any atom is -0.475 e. The summed E-state index contributed by atoms with van der Waals surface area (Å²) < 4.78 is 6.26. The third-order valence-electron chi connectivity index (χ3n) is 3.04. The first kappa shape index (κ1) is 13.8. The SMILES string of the molecule is Cc1nn(C)c(C)c1CNC(=O)c1cc(C(=O)O)on1. The number of carbonyl (C=O) groups is 2. The highest BCUT2D eigenvalue weighted by Crippen LogP contribution is 2.11. The van der Waals surface area contributed by atoms with Crippen LogP contribution in [0.3, 0.4) is 0 Å². The number of aromatic carboxylic acids is 1. The Morgan fingerprint density at radius 3 is 2.65 bits per heavy atom. The zero-order valence-electron chi connectivity index (χ0n) is 11.3. The van der Waals surface area contributed by atoms with Gasteiger partial charge in [0.25, 0.3) is 5.91 Å². The Morgan fingerprint density at radius 1 is 1.45 bits per heavy atom. The van der Waals surface area contributed by atoms with Gasteiger partial charge in [0.1, 0.15) is 0 Å². The Balaban J connectivity index is 2.06. The molecule has 0 atom stereocenters. The lowest BCUT2D eigenvalue weighted by Crippen LogP contribution is -2.23. The Kier molecular flexibility index (Phi) is 3.55. The molecule has 0 aliphatic rings. The Morgan fingerprint density at radius 2 is 2.15 bits per heavy atom. The van der Waals surface area contributed by atoms with Crippen molar-refractivity contribution in [1.29, 1.82) is 0 Å². The van der Waals surface area contributed by atoms with Crippen molar-refractivity contribution in [1.82, 2.24) is 20.3 Å². The molecule has 2 N–H and O–H groups in total. The molecule has 0 saturated carbocycles. The fourth-order valence-electron chi connectivity index (χ4n) is 1.82. The fourth-order valence-corrected chi connectivity index (χ4v) is 1.82. The van der Waals surface area contributed by atoms with Crippen LogP contribution in [-0.2, 0) is 13.6 Å². The highest BCUT2D eigenvalue weighted by Gasteiger charge is 2.17. The zero-order valence-corrected chi connectivity index (χ0v) is 11.3. The monoisotopic (exact) mass is 278 g/mol. The minimum atomic E-state index is -1.27. The third kappa shape index (κ3) is 2.53. The molecular formula is C12H14N4O4. The van der Waals surface area contributed by atoms with Crippen LogP contribution in [0.25, 0.3) is 0 Å². The minimum absolute atomic E-state index is 0.0680. The van der Waals surface area contributed by atoms with Crippen LogP contribution in [0.4, 0.5) is 0 Å². The molecule has 2 rings (SSSR count). The van der Waals surface area contributed by atoms with Gasteiger partial charge in [0, 0.05) is 30.9 Å². The van der Waals surface area contributed by atoms with E-state index in [1.807, 2.05) is 20.9 Å². The predicted molar refractivity (Wildman–Crippen MR) is 67.3 cm³/mol. The molecule has 1 amide bonds. The smallest absolute Gasteiger partial charge is 0.374 e.